The number of carbonyl (C=O) groups is 1. The highest BCUT2D eigenvalue weighted by atomic mass is 35.5. The van der Waals surface area contributed by atoms with Crippen molar-refractivity contribution in [2.24, 2.45) is 5.92 Å². The number of piperidine rings is 1. The Hall–Kier alpha value is -1.01. The number of nitrogens with one attached hydrogen (secondary N) is 2. The van der Waals surface area contributed by atoms with Crippen LogP contribution in [0.3, 0.4) is 0 Å². The number of para-hydroxylation sites is 1. The van der Waals surface area contributed by atoms with Gasteiger partial charge in [0.2, 0.25) is 5.91 Å². The second-order valence-electron chi connectivity index (χ2n) is 6.79. The van der Waals surface area contributed by atoms with E-state index < -0.39 is 0 Å². The molecule has 2 fully saturated rings. The highest BCUT2D eigenvalue weighted by molar-refractivity contribution is 5.85. The van der Waals surface area contributed by atoms with E-state index in [2.05, 4.69) is 27.7 Å². The van der Waals surface area contributed by atoms with Gasteiger partial charge in [-0.05, 0) is 45.0 Å². The van der Waals surface area contributed by atoms with Crippen LogP contribution in [0.15, 0.2) is 24.3 Å². The minimum Gasteiger partial charge on any atom is -0.496 e. The first-order chi connectivity index (χ1) is 11.8. The van der Waals surface area contributed by atoms with E-state index in [0.29, 0.717) is 6.54 Å². The van der Waals surface area contributed by atoms with Crippen molar-refractivity contribution in [1.82, 2.24) is 15.5 Å². The molecule has 2 atom stereocenters. The number of methoxy groups -OCH3 is 1. The lowest BCUT2D eigenvalue weighted by Gasteiger charge is -2.35. The molecule has 2 saturated heterocycles. The number of ether oxygens (including phenoxy) is 1. The van der Waals surface area contributed by atoms with E-state index in [9.17, 15) is 4.79 Å². The number of benzene rings is 1. The zero-order valence-electron chi connectivity index (χ0n) is 15.4. The second kappa shape index (κ2) is 11.7. The molecule has 2 aliphatic heterocycles. The second-order valence-corrected chi connectivity index (χ2v) is 6.79. The lowest BCUT2D eigenvalue weighted by atomic mass is 10.00. The number of amides is 1. The molecule has 26 heavy (non-hydrogen) atoms. The van der Waals surface area contributed by atoms with Gasteiger partial charge in [-0.15, -0.1) is 24.8 Å². The summed E-state index contributed by atoms with van der Waals surface area (Å²) in [5, 5.41) is 6.46. The number of nitrogens with zero attached hydrogens (tertiary/aromatic N) is 1. The number of rotatable bonds is 6. The zero-order chi connectivity index (χ0) is 16.8. The van der Waals surface area contributed by atoms with Crippen LogP contribution in [0.2, 0.25) is 0 Å². The van der Waals surface area contributed by atoms with E-state index in [0.717, 1.165) is 38.3 Å². The lowest BCUT2D eigenvalue weighted by Crippen LogP contribution is -2.42. The number of hydrogen-bond acceptors (Lipinski definition) is 4. The van der Waals surface area contributed by atoms with Gasteiger partial charge < -0.3 is 15.4 Å². The first kappa shape index (κ1) is 23.0. The van der Waals surface area contributed by atoms with Crippen molar-refractivity contribution in [3.8, 4) is 5.75 Å². The van der Waals surface area contributed by atoms with Gasteiger partial charge in [-0.1, -0.05) is 24.6 Å². The number of hydrogen-bond donors (Lipinski definition) is 2. The van der Waals surface area contributed by atoms with Gasteiger partial charge in [-0.3, -0.25) is 9.69 Å². The van der Waals surface area contributed by atoms with Gasteiger partial charge in [0.15, 0.2) is 0 Å². The number of halogens is 2. The van der Waals surface area contributed by atoms with Crippen LogP contribution in [0.25, 0.3) is 0 Å². The molecule has 2 N–H and O–H groups in total. The third-order valence-electron chi connectivity index (χ3n) is 5.23. The molecule has 148 valence electrons. The average molecular weight is 404 g/mol. The fourth-order valence-electron chi connectivity index (χ4n) is 3.83. The van der Waals surface area contributed by atoms with E-state index in [4.69, 9.17) is 4.74 Å². The fraction of sp³-hybridized carbons (Fsp3) is 0.632. The molecule has 0 bridgehead atoms. The molecule has 5 nitrogen and oxygen atoms in total. The first-order valence-corrected chi connectivity index (χ1v) is 9.15. The van der Waals surface area contributed by atoms with E-state index in [1.165, 1.54) is 24.8 Å². The van der Waals surface area contributed by atoms with Crippen molar-refractivity contribution in [3.05, 3.63) is 29.8 Å². The maximum absolute atomic E-state index is 12.4. The van der Waals surface area contributed by atoms with Crippen molar-refractivity contribution in [1.29, 1.82) is 0 Å². The summed E-state index contributed by atoms with van der Waals surface area (Å²) in [6, 6.07) is 8.37. The van der Waals surface area contributed by atoms with Gasteiger partial charge in [0.05, 0.1) is 19.1 Å². The Labute approximate surface area is 169 Å². The summed E-state index contributed by atoms with van der Waals surface area (Å²) in [7, 11) is 1.72. The first-order valence-electron chi connectivity index (χ1n) is 9.15. The van der Waals surface area contributed by atoms with Crippen LogP contribution in [0.5, 0.6) is 5.75 Å². The summed E-state index contributed by atoms with van der Waals surface area (Å²) in [5.74, 6) is 1.20. The predicted octanol–water partition coefficient (Wildman–Crippen LogP) is 2.79. The quantitative estimate of drug-likeness (QED) is 0.766. The molecule has 2 aliphatic rings. The Kier molecular flexibility index (Phi) is 10.3. The Morgan fingerprint density at radius 2 is 2.00 bits per heavy atom. The van der Waals surface area contributed by atoms with Gasteiger partial charge in [0.25, 0.3) is 0 Å². The maximum atomic E-state index is 12.4. The van der Waals surface area contributed by atoms with Crippen LogP contribution in [-0.2, 0) is 4.79 Å². The van der Waals surface area contributed by atoms with Crippen LogP contribution < -0.4 is 15.4 Å². The molecule has 1 amide bonds. The van der Waals surface area contributed by atoms with Crippen LogP contribution in [0, 0.1) is 5.92 Å². The molecule has 0 aromatic heterocycles. The Morgan fingerprint density at radius 1 is 1.27 bits per heavy atom. The van der Waals surface area contributed by atoms with Gasteiger partial charge in [0.1, 0.15) is 5.75 Å². The monoisotopic (exact) mass is 403 g/mol. The molecule has 0 saturated carbocycles. The molecule has 2 heterocycles. The third-order valence-corrected chi connectivity index (χ3v) is 5.23. The van der Waals surface area contributed by atoms with E-state index in [1.807, 2.05) is 12.1 Å². The van der Waals surface area contributed by atoms with Crippen LogP contribution in [0.4, 0.5) is 0 Å². The topological polar surface area (TPSA) is 53.6 Å². The molecule has 0 spiro atoms. The van der Waals surface area contributed by atoms with Gasteiger partial charge in [-0.25, -0.2) is 0 Å². The average Bonchev–Trinajstić information content (AvgIpc) is 3.18. The van der Waals surface area contributed by atoms with Gasteiger partial charge >= 0.3 is 0 Å². The normalized spacial score (nSPS) is 21.2. The van der Waals surface area contributed by atoms with Crippen molar-refractivity contribution in [2.75, 3.05) is 39.8 Å². The number of likely N-dealkylation sites (tertiary alicyclic amines) is 1. The molecular weight excluding hydrogens is 373 g/mol. The molecule has 0 aliphatic carbocycles. The van der Waals surface area contributed by atoms with Crippen LogP contribution >= 0.6 is 24.8 Å². The molecular formula is C19H31Cl2N3O2. The van der Waals surface area contributed by atoms with Crippen molar-refractivity contribution >= 4 is 30.7 Å². The lowest BCUT2D eigenvalue weighted by molar-refractivity contribution is -0.124. The van der Waals surface area contributed by atoms with Crippen LogP contribution in [0.1, 0.15) is 37.3 Å². The summed E-state index contributed by atoms with van der Waals surface area (Å²) in [5.41, 5.74) is 1.17. The Bertz CT molecular complexity index is 547. The van der Waals surface area contributed by atoms with Crippen LogP contribution in [-0.4, -0.2) is 50.6 Å². The molecule has 1 aromatic rings. The largest absolute Gasteiger partial charge is 0.496 e. The maximum Gasteiger partial charge on any atom is 0.224 e. The molecule has 2 unspecified atom stereocenters. The zero-order valence-corrected chi connectivity index (χ0v) is 17.0. The highest BCUT2D eigenvalue weighted by Crippen LogP contribution is 2.31. The summed E-state index contributed by atoms with van der Waals surface area (Å²) >= 11 is 0. The fourth-order valence-corrected chi connectivity index (χ4v) is 3.83. The summed E-state index contributed by atoms with van der Waals surface area (Å²) < 4.78 is 5.57. The minimum absolute atomic E-state index is 0. The highest BCUT2D eigenvalue weighted by Gasteiger charge is 2.27. The van der Waals surface area contributed by atoms with E-state index in [-0.39, 0.29) is 42.7 Å². The molecule has 7 heteroatoms. The number of carbonyl (C=O) groups excluding carboxylic acids is 1. The van der Waals surface area contributed by atoms with Crippen molar-refractivity contribution in [3.63, 3.8) is 0 Å². The molecule has 1 aromatic carbocycles. The predicted molar refractivity (Wildman–Crippen MR) is 110 cm³/mol. The van der Waals surface area contributed by atoms with Crippen molar-refractivity contribution in [2.45, 2.75) is 31.7 Å². The van der Waals surface area contributed by atoms with Crippen molar-refractivity contribution < 1.29 is 9.53 Å². The Balaban J connectivity index is 0.00000169. The Morgan fingerprint density at radius 3 is 2.65 bits per heavy atom. The van der Waals surface area contributed by atoms with E-state index >= 15 is 0 Å². The molecule has 3 rings (SSSR count). The van der Waals surface area contributed by atoms with Gasteiger partial charge in [0, 0.05) is 18.7 Å². The van der Waals surface area contributed by atoms with Gasteiger partial charge in [-0.2, -0.15) is 0 Å². The SMILES string of the molecule is COc1ccccc1C(CNC(=O)C1CCNC1)N1CCCCC1.Cl.Cl. The third kappa shape index (κ3) is 5.74. The summed E-state index contributed by atoms with van der Waals surface area (Å²) in [6.45, 7) is 4.57. The smallest absolute Gasteiger partial charge is 0.224 e. The molecule has 0 radical (unpaired) electrons. The van der Waals surface area contributed by atoms with E-state index in [1.54, 1.807) is 7.11 Å². The standard InChI is InChI=1S/C19H29N3O2.2ClH/c1-24-18-8-4-3-7-16(18)17(22-11-5-2-6-12-22)14-21-19(23)15-9-10-20-13-15;;/h3-4,7-8,15,17,20H,2,5-6,9-14H2,1H3,(H,21,23);2*1H. The summed E-state index contributed by atoms with van der Waals surface area (Å²) in [4.78, 5) is 14.9. The minimum atomic E-state index is 0. The summed E-state index contributed by atoms with van der Waals surface area (Å²) in [6.07, 6.45) is 4.70.